The van der Waals surface area contributed by atoms with Crippen molar-refractivity contribution in [2.24, 2.45) is 0 Å². The van der Waals surface area contributed by atoms with Crippen molar-refractivity contribution in [3.63, 3.8) is 0 Å². The lowest BCUT2D eigenvalue weighted by Crippen LogP contribution is -2.39. The molecule has 0 unspecified atom stereocenters. The van der Waals surface area contributed by atoms with Crippen molar-refractivity contribution in [2.45, 2.75) is 24.9 Å². The molecule has 5 heteroatoms. The Labute approximate surface area is 94.3 Å². The highest BCUT2D eigenvalue weighted by atomic mass is 16.7. The van der Waals surface area contributed by atoms with Crippen LogP contribution in [-0.2, 0) is 14.0 Å². The summed E-state index contributed by atoms with van der Waals surface area (Å²) in [6, 6.07) is 9.81. The van der Waals surface area contributed by atoms with E-state index < -0.39 is 6.29 Å². The van der Waals surface area contributed by atoms with Gasteiger partial charge in [-0.2, -0.15) is 0 Å². The minimum Gasteiger partial charge on any atom is -0.402 e. The lowest BCUT2D eigenvalue weighted by molar-refractivity contribution is -0.166. The maximum atomic E-state index is 9.36. The number of ether oxygens (including phenoxy) is 1. The van der Waals surface area contributed by atoms with E-state index in [1.165, 1.54) is 0 Å². The molecule has 4 nitrogen and oxygen atoms in total. The van der Waals surface area contributed by atoms with Crippen molar-refractivity contribution in [3.8, 4) is 0 Å². The number of benzene rings is 1. The van der Waals surface area contributed by atoms with E-state index in [9.17, 15) is 5.11 Å². The third-order valence-electron chi connectivity index (χ3n) is 2.97. The van der Waals surface area contributed by atoms with Gasteiger partial charge in [0, 0.05) is 6.42 Å². The van der Waals surface area contributed by atoms with E-state index in [0.29, 0.717) is 13.0 Å². The summed E-state index contributed by atoms with van der Waals surface area (Å²) in [6.07, 6.45) is -0.365. The van der Waals surface area contributed by atoms with Crippen LogP contribution >= 0.6 is 0 Å². The maximum Gasteiger partial charge on any atom is 0.494 e. The summed E-state index contributed by atoms with van der Waals surface area (Å²) in [5.74, 6) is 0. The molecule has 2 aliphatic heterocycles. The Kier molecular flexibility index (Phi) is 2.69. The molecule has 2 aliphatic rings. The van der Waals surface area contributed by atoms with Gasteiger partial charge in [0.15, 0.2) is 6.29 Å². The lowest BCUT2D eigenvalue weighted by atomic mass is 9.79. The van der Waals surface area contributed by atoms with Crippen molar-refractivity contribution in [2.75, 3.05) is 6.61 Å². The summed E-state index contributed by atoms with van der Waals surface area (Å²) in [7, 11) is -0.329. The van der Waals surface area contributed by atoms with Crippen LogP contribution in [0, 0.1) is 0 Å². The molecule has 1 aromatic carbocycles. The van der Waals surface area contributed by atoms with Crippen LogP contribution in [0.1, 0.15) is 6.42 Å². The zero-order chi connectivity index (χ0) is 11.0. The summed E-state index contributed by atoms with van der Waals surface area (Å²) < 4.78 is 16.6. The molecule has 2 saturated heterocycles. The average molecular weight is 220 g/mol. The molecular formula is C11H13BO4. The maximum absolute atomic E-state index is 9.36. The molecule has 0 bridgehead atoms. The Morgan fingerprint density at radius 1 is 1.12 bits per heavy atom. The second kappa shape index (κ2) is 4.18. The summed E-state index contributed by atoms with van der Waals surface area (Å²) in [5, 5.41) is 9.36. The molecule has 84 valence electrons. The number of fused-ring (bicyclic) bond motifs is 1. The van der Waals surface area contributed by atoms with Crippen LogP contribution in [0.5, 0.6) is 0 Å². The number of rotatable bonds is 1. The van der Waals surface area contributed by atoms with Gasteiger partial charge >= 0.3 is 7.12 Å². The fourth-order valence-electron chi connectivity index (χ4n) is 2.12. The average Bonchev–Trinajstić information content (AvgIpc) is 2.73. The number of hydrogen-bond acceptors (Lipinski definition) is 4. The topological polar surface area (TPSA) is 47.9 Å². The Bertz CT molecular complexity index is 358. The van der Waals surface area contributed by atoms with Crippen molar-refractivity contribution in [1.29, 1.82) is 0 Å². The van der Waals surface area contributed by atoms with E-state index in [1.807, 2.05) is 30.3 Å². The van der Waals surface area contributed by atoms with E-state index >= 15 is 0 Å². The summed E-state index contributed by atoms with van der Waals surface area (Å²) in [4.78, 5) is 0. The molecule has 2 fully saturated rings. The first-order valence-corrected chi connectivity index (χ1v) is 5.48. The van der Waals surface area contributed by atoms with Crippen molar-refractivity contribution in [3.05, 3.63) is 30.3 Å². The van der Waals surface area contributed by atoms with Crippen LogP contribution in [0.2, 0.25) is 0 Å². The molecule has 0 amide bonds. The molecule has 0 saturated carbocycles. The highest BCUT2D eigenvalue weighted by molar-refractivity contribution is 6.61. The zero-order valence-corrected chi connectivity index (χ0v) is 8.78. The van der Waals surface area contributed by atoms with Crippen LogP contribution in [0.25, 0.3) is 0 Å². The van der Waals surface area contributed by atoms with Gasteiger partial charge in [-0.15, -0.1) is 0 Å². The summed E-state index contributed by atoms with van der Waals surface area (Å²) >= 11 is 0. The summed E-state index contributed by atoms with van der Waals surface area (Å²) in [5.41, 5.74) is 1.01. The number of aliphatic hydroxyl groups is 1. The molecule has 0 aromatic heterocycles. The first kappa shape index (κ1) is 10.3. The Hall–Kier alpha value is -0.875. The second-order valence-corrected chi connectivity index (χ2v) is 4.12. The molecule has 0 spiro atoms. The van der Waals surface area contributed by atoms with Crippen molar-refractivity contribution >= 4 is 12.6 Å². The predicted molar refractivity (Wildman–Crippen MR) is 58.2 cm³/mol. The minimum atomic E-state index is -0.723. The zero-order valence-electron chi connectivity index (χ0n) is 8.78. The Morgan fingerprint density at radius 3 is 2.69 bits per heavy atom. The van der Waals surface area contributed by atoms with Crippen LogP contribution < -0.4 is 5.46 Å². The highest BCUT2D eigenvalue weighted by Crippen LogP contribution is 2.25. The van der Waals surface area contributed by atoms with Gasteiger partial charge in [-0.25, -0.2) is 0 Å². The van der Waals surface area contributed by atoms with Gasteiger partial charge in [-0.1, -0.05) is 30.3 Å². The van der Waals surface area contributed by atoms with Crippen LogP contribution in [0.3, 0.4) is 0 Å². The van der Waals surface area contributed by atoms with Gasteiger partial charge in [0.25, 0.3) is 0 Å². The van der Waals surface area contributed by atoms with Crippen LogP contribution in [0.15, 0.2) is 30.3 Å². The quantitative estimate of drug-likeness (QED) is 0.671. The molecule has 16 heavy (non-hydrogen) atoms. The van der Waals surface area contributed by atoms with E-state index in [0.717, 1.165) is 5.46 Å². The first-order chi connectivity index (χ1) is 7.83. The molecule has 0 aliphatic carbocycles. The van der Waals surface area contributed by atoms with Gasteiger partial charge in [-0.05, 0) is 5.46 Å². The minimum absolute atomic E-state index is 0.0612. The Morgan fingerprint density at radius 2 is 1.88 bits per heavy atom. The third kappa shape index (κ3) is 1.87. The largest absolute Gasteiger partial charge is 0.494 e. The second-order valence-electron chi connectivity index (χ2n) is 4.12. The molecule has 3 rings (SSSR count). The van der Waals surface area contributed by atoms with E-state index in [1.54, 1.807) is 0 Å². The SMILES string of the molecule is O[C@H]1C[C@@H]2OB(c3ccccc3)O[C@@H]2CO1. The molecular weight excluding hydrogens is 207 g/mol. The van der Waals surface area contributed by atoms with Crippen molar-refractivity contribution in [1.82, 2.24) is 0 Å². The van der Waals surface area contributed by atoms with Crippen LogP contribution in [-0.4, -0.2) is 37.3 Å². The van der Waals surface area contributed by atoms with Crippen LogP contribution in [0.4, 0.5) is 0 Å². The molecule has 1 N–H and O–H groups in total. The van der Waals surface area contributed by atoms with E-state index in [4.69, 9.17) is 14.0 Å². The monoisotopic (exact) mass is 220 g/mol. The summed E-state index contributed by atoms with van der Waals surface area (Å²) in [6.45, 7) is 0.398. The molecule has 1 aromatic rings. The highest BCUT2D eigenvalue weighted by Gasteiger charge is 2.44. The van der Waals surface area contributed by atoms with Crippen molar-refractivity contribution < 1.29 is 19.2 Å². The fourth-order valence-corrected chi connectivity index (χ4v) is 2.12. The van der Waals surface area contributed by atoms with Gasteiger partial charge in [0.05, 0.1) is 18.8 Å². The Balaban J connectivity index is 1.73. The lowest BCUT2D eigenvalue weighted by Gasteiger charge is -2.27. The molecule has 0 radical (unpaired) electrons. The predicted octanol–water partition coefficient (Wildman–Crippen LogP) is -0.0955. The molecule has 2 heterocycles. The normalized spacial score (nSPS) is 33.8. The first-order valence-electron chi connectivity index (χ1n) is 5.48. The van der Waals surface area contributed by atoms with E-state index in [-0.39, 0.29) is 19.3 Å². The van der Waals surface area contributed by atoms with E-state index in [2.05, 4.69) is 0 Å². The standard InChI is InChI=1S/C11H13BO4/c13-11-6-9-10(7-14-11)16-12(15-9)8-4-2-1-3-5-8/h1-5,9-11,13H,6-7H2/t9-,10+,11+/m0/s1. The molecule has 3 atom stereocenters. The van der Waals surface area contributed by atoms with Gasteiger partial charge in [0.1, 0.15) is 0 Å². The smallest absolute Gasteiger partial charge is 0.402 e. The van der Waals surface area contributed by atoms with Gasteiger partial charge in [0.2, 0.25) is 0 Å². The van der Waals surface area contributed by atoms with Gasteiger partial charge < -0.3 is 19.2 Å². The number of hydrogen-bond donors (Lipinski definition) is 1. The number of aliphatic hydroxyl groups excluding tert-OH is 1. The third-order valence-corrected chi connectivity index (χ3v) is 2.97. The van der Waals surface area contributed by atoms with Gasteiger partial charge in [-0.3, -0.25) is 0 Å². The fraction of sp³-hybridized carbons (Fsp3) is 0.455.